The minimum atomic E-state index is -0.410. The Labute approximate surface area is 140 Å². The minimum Gasteiger partial charge on any atom is -0.359 e. The maximum absolute atomic E-state index is 10.8. The summed E-state index contributed by atoms with van der Waals surface area (Å²) in [6.07, 6.45) is 0. The number of hydrogen-bond donors (Lipinski definition) is 2. The van der Waals surface area contributed by atoms with E-state index in [2.05, 4.69) is 34.6 Å². The predicted octanol–water partition coefficient (Wildman–Crippen LogP) is 2.57. The molecule has 2 rings (SSSR count). The van der Waals surface area contributed by atoms with Crippen LogP contribution in [0.2, 0.25) is 0 Å². The summed E-state index contributed by atoms with van der Waals surface area (Å²) in [5.74, 6) is 1.61. The topological polar surface area (TPSA) is 106 Å². The van der Waals surface area contributed by atoms with Gasteiger partial charge in [-0.05, 0) is 11.5 Å². The molecule has 0 saturated carbocycles. The molecule has 2 N–H and O–H groups in total. The second-order valence-electron chi connectivity index (χ2n) is 5.58. The molecule has 0 unspecified atom stereocenters. The molecule has 1 heterocycles. The number of nitrogens with one attached hydrogen (secondary N) is 2. The number of benzene rings is 1. The number of hydrogen-bond acceptors (Lipinski definition) is 5. The monoisotopic (exact) mass is 331 g/mol. The Bertz CT molecular complexity index is 724. The summed E-state index contributed by atoms with van der Waals surface area (Å²) >= 11 is 0. The van der Waals surface area contributed by atoms with Crippen molar-refractivity contribution in [2.75, 3.05) is 7.05 Å². The fourth-order valence-corrected chi connectivity index (χ4v) is 2.04. The lowest BCUT2D eigenvalue weighted by Crippen LogP contribution is -2.36. The first-order valence-electron chi connectivity index (χ1n) is 7.63. The summed E-state index contributed by atoms with van der Waals surface area (Å²) in [6.45, 7) is 4.98. The van der Waals surface area contributed by atoms with Crippen LogP contribution in [0.25, 0.3) is 0 Å². The second-order valence-corrected chi connectivity index (χ2v) is 5.58. The van der Waals surface area contributed by atoms with Gasteiger partial charge in [0.1, 0.15) is 0 Å². The fourth-order valence-electron chi connectivity index (χ4n) is 2.04. The van der Waals surface area contributed by atoms with Gasteiger partial charge in [0.05, 0.1) is 17.2 Å². The molecule has 0 aliphatic rings. The smallest absolute Gasteiger partial charge is 0.269 e. The highest BCUT2D eigenvalue weighted by atomic mass is 16.6. The van der Waals surface area contributed by atoms with Gasteiger partial charge in [-0.15, -0.1) is 0 Å². The molecule has 0 radical (unpaired) electrons. The second kappa shape index (κ2) is 8.09. The van der Waals surface area contributed by atoms with E-state index in [0.717, 1.165) is 17.0 Å². The lowest BCUT2D eigenvalue weighted by Gasteiger charge is -2.10. The Kier molecular flexibility index (Phi) is 5.89. The van der Waals surface area contributed by atoms with E-state index in [1.807, 2.05) is 12.1 Å². The number of aliphatic imine (C=N–C) groups is 1. The van der Waals surface area contributed by atoms with Crippen LogP contribution in [0.1, 0.15) is 36.8 Å². The molecule has 128 valence electrons. The van der Waals surface area contributed by atoms with E-state index >= 15 is 0 Å². The summed E-state index contributed by atoms with van der Waals surface area (Å²) in [6, 6.07) is 8.38. The van der Waals surface area contributed by atoms with Crippen molar-refractivity contribution in [2.24, 2.45) is 4.99 Å². The number of guanidine groups is 1. The van der Waals surface area contributed by atoms with E-state index in [0.29, 0.717) is 25.0 Å². The molecule has 24 heavy (non-hydrogen) atoms. The summed E-state index contributed by atoms with van der Waals surface area (Å²) < 4.78 is 5.26. The van der Waals surface area contributed by atoms with E-state index in [4.69, 9.17) is 4.52 Å². The summed E-state index contributed by atoms with van der Waals surface area (Å²) in [7, 11) is 1.66. The molecule has 0 atom stereocenters. The third kappa shape index (κ3) is 4.80. The van der Waals surface area contributed by atoms with E-state index in [1.165, 1.54) is 12.1 Å². The van der Waals surface area contributed by atoms with Crippen molar-refractivity contribution in [1.82, 2.24) is 15.8 Å². The lowest BCUT2D eigenvalue weighted by molar-refractivity contribution is -0.384. The lowest BCUT2D eigenvalue weighted by atomic mass is 10.1. The van der Waals surface area contributed by atoms with Gasteiger partial charge in [0, 0.05) is 31.8 Å². The van der Waals surface area contributed by atoms with Crippen LogP contribution in [0.3, 0.4) is 0 Å². The predicted molar refractivity (Wildman–Crippen MR) is 90.7 cm³/mol. The van der Waals surface area contributed by atoms with Crippen molar-refractivity contribution in [3.63, 3.8) is 0 Å². The van der Waals surface area contributed by atoms with Gasteiger partial charge >= 0.3 is 0 Å². The third-order valence-electron chi connectivity index (χ3n) is 3.40. The van der Waals surface area contributed by atoms with Crippen LogP contribution >= 0.6 is 0 Å². The van der Waals surface area contributed by atoms with E-state index in [9.17, 15) is 10.1 Å². The van der Waals surface area contributed by atoms with Crippen molar-refractivity contribution >= 4 is 11.6 Å². The molecule has 0 spiro atoms. The number of nitrogens with zero attached hydrogens (tertiary/aromatic N) is 3. The van der Waals surface area contributed by atoms with Gasteiger partial charge in [-0.3, -0.25) is 15.1 Å². The number of nitro benzene ring substituents is 1. The molecule has 1 aromatic heterocycles. The average Bonchev–Trinajstić information content (AvgIpc) is 3.04. The van der Waals surface area contributed by atoms with Gasteiger partial charge in [0.15, 0.2) is 11.7 Å². The van der Waals surface area contributed by atoms with Crippen molar-refractivity contribution in [3.8, 4) is 0 Å². The maximum atomic E-state index is 10.8. The van der Waals surface area contributed by atoms with Gasteiger partial charge in [0.25, 0.3) is 5.69 Å². The first kappa shape index (κ1) is 17.5. The maximum Gasteiger partial charge on any atom is 0.269 e. The van der Waals surface area contributed by atoms with Gasteiger partial charge in [-0.1, -0.05) is 31.1 Å². The number of nitro groups is 1. The Morgan fingerprint density at radius 1 is 1.33 bits per heavy atom. The first-order chi connectivity index (χ1) is 11.5. The SMILES string of the molecule is CN=C(NCc1cccc([N+](=O)[O-])c1)NCc1cc(C(C)C)no1. The van der Waals surface area contributed by atoms with Gasteiger partial charge in [0.2, 0.25) is 0 Å². The molecule has 2 aromatic rings. The summed E-state index contributed by atoms with van der Waals surface area (Å²) in [5.41, 5.74) is 1.78. The standard InChI is InChI=1S/C16H21N5O3/c1-11(2)15-8-14(24-20-15)10-19-16(17-3)18-9-12-5-4-6-13(7-12)21(22)23/h4-8,11H,9-10H2,1-3H3,(H2,17,18,19). The molecule has 0 bridgehead atoms. The van der Waals surface area contributed by atoms with Crippen LogP contribution in [-0.2, 0) is 13.1 Å². The van der Waals surface area contributed by atoms with Crippen molar-refractivity contribution in [1.29, 1.82) is 0 Å². The Morgan fingerprint density at radius 3 is 2.71 bits per heavy atom. The number of aromatic nitrogens is 1. The van der Waals surface area contributed by atoms with E-state index in [1.54, 1.807) is 13.1 Å². The quantitative estimate of drug-likeness (QED) is 0.365. The number of rotatable bonds is 6. The Morgan fingerprint density at radius 2 is 2.08 bits per heavy atom. The largest absolute Gasteiger partial charge is 0.359 e. The van der Waals surface area contributed by atoms with Crippen LogP contribution in [0.15, 0.2) is 39.8 Å². The summed E-state index contributed by atoms with van der Waals surface area (Å²) in [4.78, 5) is 14.5. The molecular weight excluding hydrogens is 310 g/mol. The Hall–Kier alpha value is -2.90. The zero-order chi connectivity index (χ0) is 17.5. The molecular formula is C16H21N5O3. The molecule has 8 heteroatoms. The van der Waals surface area contributed by atoms with E-state index < -0.39 is 4.92 Å². The van der Waals surface area contributed by atoms with Crippen molar-refractivity contribution in [3.05, 3.63) is 57.5 Å². The molecule has 8 nitrogen and oxygen atoms in total. The molecule has 0 fully saturated rings. The zero-order valence-corrected chi connectivity index (χ0v) is 13.9. The summed E-state index contributed by atoms with van der Waals surface area (Å²) in [5, 5.41) is 21.0. The van der Waals surface area contributed by atoms with Crippen LogP contribution in [-0.4, -0.2) is 23.1 Å². The molecule has 0 aliphatic heterocycles. The number of non-ortho nitro benzene ring substituents is 1. The van der Waals surface area contributed by atoms with Gasteiger partial charge < -0.3 is 15.2 Å². The van der Waals surface area contributed by atoms with Gasteiger partial charge in [-0.2, -0.15) is 0 Å². The van der Waals surface area contributed by atoms with Crippen LogP contribution in [0.4, 0.5) is 5.69 Å². The highest BCUT2D eigenvalue weighted by molar-refractivity contribution is 5.79. The highest BCUT2D eigenvalue weighted by Gasteiger charge is 2.09. The van der Waals surface area contributed by atoms with Crippen LogP contribution in [0, 0.1) is 10.1 Å². The third-order valence-corrected chi connectivity index (χ3v) is 3.40. The minimum absolute atomic E-state index is 0.0696. The Balaban J connectivity index is 1.88. The highest BCUT2D eigenvalue weighted by Crippen LogP contribution is 2.14. The van der Waals surface area contributed by atoms with E-state index in [-0.39, 0.29) is 5.69 Å². The van der Waals surface area contributed by atoms with Gasteiger partial charge in [-0.25, -0.2) is 0 Å². The van der Waals surface area contributed by atoms with Crippen molar-refractivity contribution < 1.29 is 9.45 Å². The van der Waals surface area contributed by atoms with Crippen molar-refractivity contribution in [2.45, 2.75) is 32.9 Å². The molecule has 0 aliphatic carbocycles. The zero-order valence-electron chi connectivity index (χ0n) is 13.9. The van der Waals surface area contributed by atoms with Crippen LogP contribution < -0.4 is 10.6 Å². The first-order valence-corrected chi connectivity index (χ1v) is 7.63. The average molecular weight is 331 g/mol. The fraction of sp³-hybridized carbons (Fsp3) is 0.375. The molecule has 0 amide bonds. The molecule has 1 aromatic carbocycles. The normalized spacial score (nSPS) is 11.6. The van der Waals surface area contributed by atoms with Crippen LogP contribution in [0.5, 0.6) is 0 Å². The molecule has 0 saturated heterocycles.